The number of nitrogens with zero attached hydrogens (tertiary/aromatic N) is 3. The average Bonchev–Trinajstić information content (AvgIpc) is 3.11. The summed E-state index contributed by atoms with van der Waals surface area (Å²) in [5, 5.41) is 9.02. The molecule has 0 saturated carbocycles. The van der Waals surface area contributed by atoms with Crippen molar-refractivity contribution in [1.82, 2.24) is 19.9 Å². The Labute approximate surface area is 126 Å². The van der Waals surface area contributed by atoms with Crippen molar-refractivity contribution in [2.24, 2.45) is 0 Å². The molecule has 6 heteroatoms. The second kappa shape index (κ2) is 6.32. The summed E-state index contributed by atoms with van der Waals surface area (Å²) in [7, 11) is 0. The molecule has 0 atom stereocenters. The maximum atomic E-state index is 11.7. The number of hydrogen-bond donors (Lipinski definition) is 1. The van der Waals surface area contributed by atoms with Crippen LogP contribution in [-0.4, -0.2) is 27.0 Å². The molecule has 2 heterocycles. The van der Waals surface area contributed by atoms with Crippen LogP contribution in [0.25, 0.3) is 11.0 Å². The van der Waals surface area contributed by atoms with E-state index >= 15 is 0 Å². The summed E-state index contributed by atoms with van der Waals surface area (Å²) in [6.45, 7) is 0.573. The van der Waals surface area contributed by atoms with E-state index in [-0.39, 0.29) is 5.91 Å². The van der Waals surface area contributed by atoms with E-state index in [1.165, 1.54) is 6.33 Å². The zero-order valence-electron chi connectivity index (χ0n) is 11.3. The van der Waals surface area contributed by atoms with Crippen LogP contribution in [0.1, 0.15) is 11.3 Å². The van der Waals surface area contributed by atoms with Crippen LogP contribution in [0.3, 0.4) is 0 Å². The Kier molecular flexibility index (Phi) is 4.07. The van der Waals surface area contributed by atoms with Crippen molar-refractivity contribution in [2.45, 2.75) is 6.42 Å². The van der Waals surface area contributed by atoms with Crippen molar-refractivity contribution >= 4 is 28.3 Å². The summed E-state index contributed by atoms with van der Waals surface area (Å²) in [4.78, 5) is 16.7. The van der Waals surface area contributed by atoms with E-state index in [2.05, 4.69) is 15.4 Å². The number of thiazole rings is 1. The lowest BCUT2D eigenvalue weighted by atomic mass is 10.2. The second-order valence-corrected chi connectivity index (χ2v) is 5.30. The number of carbonyl (C=O) groups is 1. The monoisotopic (exact) mass is 298 g/mol. The fourth-order valence-electron chi connectivity index (χ4n) is 1.95. The number of rotatable bonds is 5. The van der Waals surface area contributed by atoms with Gasteiger partial charge in [-0.15, -0.1) is 11.3 Å². The lowest BCUT2D eigenvalue weighted by Gasteiger charge is -2.01. The highest BCUT2D eigenvalue weighted by molar-refractivity contribution is 7.15. The van der Waals surface area contributed by atoms with Crippen LogP contribution >= 0.6 is 11.3 Å². The smallest absolute Gasteiger partial charge is 0.244 e. The molecule has 0 aliphatic heterocycles. The predicted molar refractivity (Wildman–Crippen MR) is 83.1 cm³/mol. The molecular formula is C15H14N4OS. The zero-order valence-corrected chi connectivity index (χ0v) is 12.1. The highest BCUT2D eigenvalue weighted by atomic mass is 32.1. The van der Waals surface area contributed by atoms with Crippen molar-refractivity contribution in [2.75, 3.05) is 6.54 Å². The van der Waals surface area contributed by atoms with Crippen LogP contribution in [0, 0.1) is 0 Å². The Balaban J connectivity index is 1.50. The molecule has 1 aromatic carbocycles. The largest absolute Gasteiger partial charge is 0.352 e. The van der Waals surface area contributed by atoms with E-state index in [1.807, 2.05) is 35.7 Å². The molecule has 21 heavy (non-hydrogen) atoms. The van der Waals surface area contributed by atoms with Gasteiger partial charge in [0.2, 0.25) is 10.9 Å². The van der Waals surface area contributed by atoms with Crippen LogP contribution in [0.5, 0.6) is 0 Å². The van der Waals surface area contributed by atoms with Crippen molar-refractivity contribution in [3.05, 3.63) is 59.4 Å². The van der Waals surface area contributed by atoms with Crippen LogP contribution in [-0.2, 0) is 11.2 Å². The van der Waals surface area contributed by atoms with Crippen LogP contribution < -0.4 is 5.32 Å². The average molecular weight is 298 g/mol. The van der Waals surface area contributed by atoms with Crippen molar-refractivity contribution in [3.63, 3.8) is 0 Å². The first-order chi connectivity index (χ1) is 10.3. The SMILES string of the molecule is O=C(/C=C/c1ccccc1)NCCc1csc2ncnn12. The molecule has 0 unspecified atom stereocenters. The van der Waals surface area contributed by atoms with Crippen LogP contribution in [0.4, 0.5) is 0 Å². The topological polar surface area (TPSA) is 59.3 Å². The zero-order chi connectivity index (χ0) is 14.5. The predicted octanol–water partition coefficient (Wildman–Crippen LogP) is 2.16. The fraction of sp³-hybridized carbons (Fsp3) is 0.133. The fourth-order valence-corrected chi connectivity index (χ4v) is 2.78. The van der Waals surface area contributed by atoms with Gasteiger partial charge in [0.25, 0.3) is 0 Å². The van der Waals surface area contributed by atoms with Gasteiger partial charge in [-0.25, -0.2) is 9.50 Å². The number of nitrogens with one attached hydrogen (secondary N) is 1. The summed E-state index contributed by atoms with van der Waals surface area (Å²) >= 11 is 1.55. The second-order valence-electron chi connectivity index (χ2n) is 4.47. The molecule has 0 bridgehead atoms. The highest BCUT2D eigenvalue weighted by Gasteiger charge is 2.05. The summed E-state index contributed by atoms with van der Waals surface area (Å²) in [5.74, 6) is -0.0936. The number of amides is 1. The normalized spacial score (nSPS) is 11.2. The molecule has 2 aromatic heterocycles. The van der Waals surface area contributed by atoms with E-state index < -0.39 is 0 Å². The highest BCUT2D eigenvalue weighted by Crippen LogP contribution is 2.12. The van der Waals surface area contributed by atoms with E-state index in [1.54, 1.807) is 28.0 Å². The minimum absolute atomic E-state index is 0.0936. The third-order valence-electron chi connectivity index (χ3n) is 3.00. The Hall–Kier alpha value is -2.47. The molecule has 0 aliphatic rings. The molecule has 1 amide bonds. The Morgan fingerprint density at radius 2 is 2.19 bits per heavy atom. The molecular weight excluding hydrogens is 284 g/mol. The first-order valence-corrected chi connectivity index (χ1v) is 7.48. The minimum Gasteiger partial charge on any atom is -0.352 e. The van der Waals surface area contributed by atoms with Crippen molar-refractivity contribution < 1.29 is 4.79 Å². The van der Waals surface area contributed by atoms with E-state index in [0.717, 1.165) is 22.6 Å². The quantitative estimate of drug-likeness (QED) is 0.734. The van der Waals surface area contributed by atoms with Crippen molar-refractivity contribution in [3.8, 4) is 0 Å². The van der Waals surface area contributed by atoms with E-state index in [9.17, 15) is 4.79 Å². The molecule has 0 spiro atoms. The maximum Gasteiger partial charge on any atom is 0.244 e. The molecule has 3 aromatic rings. The van der Waals surface area contributed by atoms with Gasteiger partial charge in [-0.05, 0) is 11.6 Å². The third kappa shape index (κ3) is 3.35. The van der Waals surface area contributed by atoms with Gasteiger partial charge < -0.3 is 5.32 Å². The van der Waals surface area contributed by atoms with Gasteiger partial charge in [-0.2, -0.15) is 5.10 Å². The number of aromatic nitrogens is 3. The Morgan fingerprint density at radius 1 is 1.33 bits per heavy atom. The van der Waals surface area contributed by atoms with Gasteiger partial charge in [0.1, 0.15) is 6.33 Å². The van der Waals surface area contributed by atoms with Gasteiger partial charge in [0.05, 0.1) is 5.69 Å². The van der Waals surface area contributed by atoms with Gasteiger partial charge in [0.15, 0.2) is 0 Å². The first-order valence-electron chi connectivity index (χ1n) is 6.60. The molecule has 0 aliphatic carbocycles. The van der Waals surface area contributed by atoms with Crippen LogP contribution in [0.15, 0.2) is 48.1 Å². The lowest BCUT2D eigenvalue weighted by Crippen LogP contribution is -2.23. The van der Waals surface area contributed by atoms with Crippen LogP contribution in [0.2, 0.25) is 0 Å². The molecule has 1 N–H and O–H groups in total. The van der Waals surface area contributed by atoms with Crippen molar-refractivity contribution in [1.29, 1.82) is 0 Å². The molecule has 0 radical (unpaired) electrons. The van der Waals surface area contributed by atoms with E-state index in [0.29, 0.717) is 6.54 Å². The number of carbonyl (C=O) groups excluding carboxylic acids is 1. The summed E-state index contributed by atoms with van der Waals surface area (Å²) in [6.07, 6.45) is 5.62. The van der Waals surface area contributed by atoms with Gasteiger partial charge >= 0.3 is 0 Å². The lowest BCUT2D eigenvalue weighted by molar-refractivity contribution is -0.116. The third-order valence-corrected chi connectivity index (χ3v) is 3.88. The van der Waals surface area contributed by atoms with Gasteiger partial charge in [-0.3, -0.25) is 4.79 Å². The number of fused-ring (bicyclic) bond motifs is 1. The van der Waals surface area contributed by atoms with Gasteiger partial charge in [-0.1, -0.05) is 30.3 Å². The van der Waals surface area contributed by atoms with Gasteiger partial charge in [0, 0.05) is 24.4 Å². The molecule has 106 valence electrons. The standard InChI is InChI=1S/C15H14N4OS/c20-14(7-6-12-4-2-1-3-5-12)16-9-8-13-10-21-15-17-11-18-19(13)15/h1-7,10-11H,8-9H2,(H,16,20)/b7-6+. The number of hydrogen-bond acceptors (Lipinski definition) is 4. The summed E-state index contributed by atoms with van der Waals surface area (Å²) in [5.41, 5.74) is 2.06. The minimum atomic E-state index is -0.0936. The summed E-state index contributed by atoms with van der Waals surface area (Å²) in [6, 6.07) is 9.74. The Bertz CT molecular complexity index is 760. The molecule has 0 fully saturated rings. The number of benzene rings is 1. The Morgan fingerprint density at radius 3 is 3.05 bits per heavy atom. The molecule has 0 saturated heterocycles. The molecule has 5 nitrogen and oxygen atoms in total. The molecule has 3 rings (SSSR count). The van der Waals surface area contributed by atoms with E-state index in [4.69, 9.17) is 0 Å². The maximum absolute atomic E-state index is 11.7. The summed E-state index contributed by atoms with van der Waals surface area (Å²) < 4.78 is 1.80. The first kappa shape index (κ1) is 13.5.